The van der Waals surface area contributed by atoms with Crippen LogP contribution in [0.15, 0.2) is 42.5 Å². The molecule has 0 fully saturated rings. The number of nitro benzene ring substituents is 1. The summed E-state index contributed by atoms with van der Waals surface area (Å²) in [5.41, 5.74) is 0.586. The Morgan fingerprint density at radius 2 is 1.80 bits per heavy atom. The van der Waals surface area contributed by atoms with Crippen LogP contribution in [0, 0.1) is 10.1 Å². The highest BCUT2D eigenvalue weighted by atomic mass is 16.6. The molecule has 2 unspecified atom stereocenters. The van der Waals surface area contributed by atoms with E-state index < -0.39 is 16.9 Å². The van der Waals surface area contributed by atoms with Crippen molar-refractivity contribution in [3.05, 3.63) is 58.1 Å². The first-order valence-electron chi connectivity index (χ1n) is 11.4. The number of methoxy groups -OCH3 is 2. The molecule has 0 radical (unpaired) electrons. The van der Waals surface area contributed by atoms with Crippen molar-refractivity contribution in [1.82, 2.24) is 10.2 Å². The molecule has 0 aromatic heterocycles. The lowest BCUT2D eigenvalue weighted by Gasteiger charge is -2.31. The van der Waals surface area contributed by atoms with E-state index in [1.165, 1.54) is 30.2 Å². The van der Waals surface area contributed by atoms with E-state index in [1.54, 1.807) is 13.2 Å². The zero-order valence-electron chi connectivity index (χ0n) is 20.8. The maximum Gasteiger partial charge on any atom is 0.311 e. The van der Waals surface area contributed by atoms with E-state index in [4.69, 9.17) is 14.2 Å². The fourth-order valence-electron chi connectivity index (χ4n) is 3.45. The first-order valence-corrected chi connectivity index (χ1v) is 11.4. The average molecular weight is 488 g/mol. The summed E-state index contributed by atoms with van der Waals surface area (Å²) in [6.45, 7) is 5.53. The van der Waals surface area contributed by atoms with Gasteiger partial charge < -0.3 is 24.4 Å². The predicted molar refractivity (Wildman–Crippen MR) is 131 cm³/mol. The van der Waals surface area contributed by atoms with Crippen molar-refractivity contribution in [2.24, 2.45) is 0 Å². The van der Waals surface area contributed by atoms with Gasteiger partial charge in [0.15, 0.2) is 6.61 Å². The molecule has 0 bridgehead atoms. The van der Waals surface area contributed by atoms with Gasteiger partial charge in [-0.1, -0.05) is 26.0 Å². The number of benzene rings is 2. The second-order valence-corrected chi connectivity index (χ2v) is 7.99. The highest BCUT2D eigenvalue weighted by Gasteiger charge is 2.29. The molecule has 0 spiro atoms. The molecular weight excluding hydrogens is 454 g/mol. The summed E-state index contributed by atoms with van der Waals surface area (Å²) in [6, 6.07) is 10.5. The zero-order chi connectivity index (χ0) is 26.0. The van der Waals surface area contributed by atoms with E-state index >= 15 is 0 Å². The third-order valence-corrected chi connectivity index (χ3v) is 5.58. The second kappa shape index (κ2) is 13.2. The minimum atomic E-state index is -0.710. The van der Waals surface area contributed by atoms with Gasteiger partial charge in [-0.05, 0) is 43.5 Å². The van der Waals surface area contributed by atoms with Crippen molar-refractivity contribution in [2.75, 3.05) is 20.8 Å². The normalized spacial score (nSPS) is 12.3. The predicted octanol–water partition coefficient (Wildman–Crippen LogP) is 3.71. The van der Waals surface area contributed by atoms with Crippen LogP contribution in [0.2, 0.25) is 0 Å². The molecule has 2 aromatic carbocycles. The van der Waals surface area contributed by atoms with Gasteiger partial charge >= 0.3 is 5.69 Å². The fraction of sp³-hybridized carbons (Fsp3) is 0.440. The Labute approximate surface area is 205 Å². The standard InChI is InChI=1S/C25H33N3O7/c1-6-17(3)26-25(30)21(7-2)27(15-18-9-8-10-19(13-18)33-4)24(29)16-35-20-11-12-22(28(31)32)23(14-20)34-5/h8-14,17,21H,6-7,15-16H2,1-5H3,(H,26,30). The number of nitrogens with one attached hydrogen (secondary N) is 1. The topological polar surface area (TPSA) is 120 Å². The van der Waals surface area contributed by atoms with E-state index in [-0.39, 0.29) is 42.3 Å². The molecule has 0 heterocycles. The van der Waals surface area contributed by atoms with Gasteiger partial charge in [0.2, 0.25) is 11.7 Å². The summed E-state index contributed by atoms with van der Waals surface area (Å²) in [7, 11) is 2.87. The molecular formula is C25H33N3O7. The van der Waals surface area contributed by atoms with Gasteiger partial charge in [0.25, 0.3) is 5.91 Å². The van der Waals surface area contributed by atoms with E-state index in [2.05, 4.69) is 5.32 Å². The van der Waals surface area contributed by atoms with Gasteiger partial charge in [-0.2, -0.15) is 0 Å². The molecule has 10 heteroatoms. The first kappa shape index (κ1) is 27.4. The van der Waals surface area contributed by atoms with E-state index in [1.807, 2.05) is 39.0 Å². The van der Waals surface area contributed by atoms with Crippen LogP contribution in [0.25, 0.3) is 0 Å². The quantitative estimate of drug-likeness (QED) is 0.338. The Kier molecular flexibility index (Phi) is 10.3. The molecule has 35 heavy (non-hydrogen) atoms. The highest BCUT2D eigenvalue weighted by Crippen LogP contribution is 2.30. The monoisotopic (exact) mass is 487 g/mol. The van der Waals surface area contributed by atoms with Crippen LogP contribution in [0.5, 0.6) is 17.2 Å². The molecule has 2 aromatic rings. The Morgan fingerprint density at radius 3 is 2.40 bits per heavy atom. The summed E-state index contributed by atoms with van der Waals surface area (Å²) >= 11 is 0. The van der Waals surface area contributed by atoms with Crippen molar-refractivity contribution in [3.63, 3.8) is 0 Å². The van der Waals surface area contributed by atoms with Gasteiger partial charge in [0.1, 0.15) is 17.5 Å². The molecule has 0 aliphatic heterocycles. The molecule has 10 nitrogen and oxygen atoms in total. The van der Waals surface area contributed by atoms with Gasteiger partial charge in [0.05, 0.1) is 19.1 Å². The molecule has 2 amide bonds. The van der Waals surface area contributed by atoms with E-state index in [0.717, 1.165) is 12.0 Å². The number of rotatable bonds is 13. The van der Waals surface area contributed by atoms with Gasteiger partial charge in [-0.15, -0.1) is 0 Å². The summed E-state index contributed by atoms with van der Waals surface area (Å²) < 4.78 is 16.0. The molecule has 0 saturated heterocycles. The maximum atomic E-state index is 13.3. The molecule has 0 saturated carbocycles. The molecule has 190 valence electrons. The maximum absolute atomic E-state index is 13.3. The van der Waals surface area contributed by atoms with Crippen molar-refractivity contribution in [3.8, 4) is 17.2 Å². The minimum absolute atomic E-state index is 0.0209. The van der Waals surface area contributed by atoms with E-state index in [9.17, 15) is 19.7 Å². The van der Waals surface area contributed by atoms with Crippen LogP contribution >= 0.6 is 0 Å². The lowest BCUT2D eigenvalue weighted by atomic mass is 10.1. The van der Waals surface area contributed by atoms with Crippen molar-refractivity contribution in [1.29, 1.82) is 0 Å². The van der Waals surface area contributed by atoms with Crippen molar-refractivity contribution < 1.29 is 28.7 Å². The molecule has 1 N–H and O–H groups in total. The van der Waals surface area contributed by atoms with Crippen LogP contribution in [0.3, 0.4) is 0 Å². The minimum Gasteiger partial charge on any atom is -0.497 e. The lowest BCUT2D eigenvalue weighted by Crippen LogP contribution is -2.51. The van der Waals surface area contributed by atoms with Crippen LogP contribution in [-0.2, 0) is 16.1 Å². The largest absolute Gasteiger partial charge is 0.497 e. The number of nitrogens with zero attached hydrogens (tertiary/aromatic N) is 2. The number of hydrogen-bond donors (Lipinski definition) is 1. The smallest absolute Gasteiger partial charge is 0.311 e. The number of carbonyl (C=O) groups excluding carboxylic acids is 2. The van der Waals surface area contributed by atoms with Crippen molar-refractivity contribution >= 4 is 17.5 Å². The van der Waals surface area contributed by atoms with Crippen LogP contribution in [0.4, 0.5) is 5.69 Å². The number of amides is 2. The summed E-state index contributed by atoms with van der Waals surface area (Å²) in [6.07, 6.45) is 1.17. The Morgan fingerprint density at radius 1 is 1.06 bits per heavy atom. The number of nitro groups is 1. The second-order valence-electron chi connectivity index (χ2n) is 7.99. The van der Waals surface area contributed by atoms with Gasteiger partial charge in [-0.25, -0.2) is 0 Å². The molecule has 0 aliphatic rings. The Hall–Kier alpha value is -3.82. The molecule has 2 atom stereocenters. The SMILES string of the molecule is CCC(C)NC(=O)C(CC)N(Cc1cccc(OC)c1)C(=O)COc1ccc([N+](=O)[O-])c(OC)c1. The number of carbonyl (C=O) groups is 2. The third-order valence-electron chi connectivity index (χ3n) is 5.58. The summed E-state index contributed by atoms with van der Waals surface area (Å²) in [4.78, 5) is 38.4. The lowest BCUT2D eigenvalue weighted by molar-refractivity contribution is -0.385. The van der Waals surface area contributed by atoms with Gasteiger partial charge in [0, 0.05) is 24.7 Å². The Balaban J connectivity index is 2.27. The van der Waals surface area contributed by atoms with Crippen LogP contribution < -0.4 is 19.5 Å². The number of ether oxygens (including phenoxy) is 3. The van der Waals surface area contributed by atoms with Crippen LogP contribution in [0.1, 0.15) is 39.2 Å². The highest BCUT2D eigenvalue weighted by molar-refractivity contribution is 5.88. The van der Waals surface area contributed by atoms with Gasteiger partial charge in [-0.3, -0.25) is 19.7 Å². The zero-order valence-corrected chi connectivity index (χ0v) is 20.8. The summed E-state index contributed by atoms with van der Waals surface area (Å²) in [5.74, 6) is 0.249. The van der Waals surface area contributed by atoms with E-state index in [0.29, 0.717) is 12.2 Å². The average Bonchev–Trinajstić information content (AvgIpc) is 2.86. The third kappa shape index (κ3) is 7.59. The molecule has 0 aliphatic carbocycles. The Bertz CT molecular complexity index is 1030. The number of hydrogen-bond acceptors (Lipinski definition) is 7. The van der Waals surface area contributed by atoms with Crippen molar-refractivity contribution in [2.45, 2.75) is 52.2 Å². The molecule has 2 rings (SSSR count). The fourth-order valence-corrected chi connectivity index (χ4v) is 3.45. The first-order chi connectivity index (χ1) is 16.7. The summed E-state index contributed by atoms with van der Waals surface area (Å²) in [5, 5.41) is 14.1. The van der Waals surface area contributed by atoms with Crippen LogP contribution in [-0.4, -0.2) is 54.5 Å².